The van der Waals surface area contributed by atoms with Crippen molar-refractivity contribution < 1.29 is 14.7 Å². The van der Waals surface area contributed by atoms with Gasteiger partial charge in [0.05, 0.1) is 18.4 Å². The molecule has 1 aromatic carbocycles. The number of hydrogen-bond acceptors (Lipinski definition) is 3. The maximum absolute atomic E-state index is 12.5. The highest BCUT2D eigenvalue weighted by Crippen LogP contribution is 2.20. The topological polar surface area (TPSA) is 75.4 Å². The van der Waals surface area contributed by atoms with E-state index in [0.717, 1.165) is 5.69 Å². The van der Waals surface area contributed by atoms with Crippen LogP contribution < -0.4 is 0 Å². The van der Waals surface area contributed by atoms with Gasteiger partial charge in [-0.25, -0.2) is 4.98 Å². The lowest BCUT2D eigenvalue weighted by molar-refractivity contribution is -0.141. The Morgan fingerprint density at radius 1 is 1.24 bits per heavy atom. The molecule has 1 aliphatic rings. The van der Waals surface area contributed by atoms with Gasteiger partial charge < -0.3 is 10.0 Å². The molecule has 6 heteroatoms. The molecule has 3 rings (SSSR count). The zero-order valence-electron chi connectivity index (χ0n) is 11.3. The molecule has 2 heterocycles. The van der Waals surface area contributed by atoms with Crippen LogP contribution in [-0.2, 0) is 4.79 Å². The molecular formula is C15H15N3O3. The maximum atomic E-state index is 12.5. The van der Waals surface area contributed by atoms with E-state index < -0.39 is 11.9 Å². The summed E-state index contributed by atoms with van der Waals surface area (Å²) in [4.78, 5) is 29.2. The number of para-hydroxylation sites is 1. The number of aliphatic carboxylic acids is 1. The molecule has 0 bridgehead atoms. The van der Waals surface area contributed by atoms with Gasteiger partial charge in [-0.15, -0.1) is 0 Å². The molecule has 1 aromatic heterocycles. The summed E-state index contributed by atoms with van der Waals surface area (Å²) in [5, 5.41) is 9.02. The number of hydrogen-bond donors (Lipinski definition) is 1. The summed E-state index contributed by atoms with van der Waals surface area (Å²) in [6.45, 7) is 0.726. The van der Waals surface area contributed by atoms with Gasteiger partial charge in [-0.05, 0) is 18.6 Å². The molecule has 0 saturated carbocycles. The zero-order valence-corrected chi connectivity index (χ0v) is 11.3. The Bertz CT molecular complexity index is 666. The van der Waals surface area contributed by atoms with E-state index in [4.69, 9.17) is 5.11 Å². The molecule has 1 atom stereocenters. The van der Waals surface area contributed by atoms with E-state index in [1.807, 2.05) is 30.3 Å². The lowest BCUT2D eigenvalue weighted by atomic mass is 10.1. The third-order valence-corrected chi connectivity index (χ3v) is 3.72. The van der Waals surface area contributed by atoms with Gasteiger partial charge in [-0.2, -0.15) is 0 Å². The molecule has 0 radical (unpaired) electrons. The summed E-state index contributed by atoms with van der Waals surface area (Å²) >= 11 is 0. The fraction of sp³-hybridized carbons (Fsp3) is 0.267. The third kappa shape index (κ3) is 2.52. The summed E-state index contributed by atoms with van der Waals surface area (Å²) in [6.07, 6.45) is 3.61. The van der Waals surface area contributed by atoms with Crippen molar-refractivity contribution in [3.63, 3.8) is 0 Å². The van der Waals surface area contributed by atoms with Crippen molar-refractivity contribution in [3.8, 4) is 5.69 Å². The van der Waals surface area contributed by atoms with Crippen LogP contribution in [0.25, 0.3) is 5.69 Å². The molecule has 1 fully saturated rings. The highest BCUT2D eigenvalue weighted by Gasteiger charge is 2.32. The van der Waals surface area contributed by atoms with Crippen LogP contribution in [-0.4, -0.2) is 44.5 Å². The van der Waals surface area contributed by atoms with E-state index >= 15 is 0 Å². The van der Waals surface area contributed by atoms with E-state index in [-0.39, 0.29) is 12.5 Å². The number of rotatable bonds is 3. The summed E-state index contributed by atoms with van der Waals surface area (Å²) < 4.78 is 1.72. The van der Waals surface area contributed by atoms with E-state index in [0.29, 0.717) is 18.7 Å². The predicted octanol–water partition coefficient (Wildman–Crippen LogP) is 1.42. The molecule has 6 nitrogen and oxygen atoms in total. The number of carboxylic acid groups (broad SMARTS) is 1. The zero-order chi connectivity index (χ0) is 14.8. The second kappa shape index (κ2) is 5.40. The number of carbonyl (C=O) groups is 2. The fourth-order valence-electron chi connectivity index (χ4n) is 2.56. The highest BCUT2D eigenvalue weighted by molar-refractivity contribution is 5.93. The molecule has 108 valence electrons. The molecule has 0 aliphatic carbocycles. The molecule has 1 saturated heterocycles. The molecule has 2 aromatic rings. The molecule has 1 N–H and O–H groups in total. The SMILES string of the molecule is O=C(O)[C@@H]1CCN(C(=O)c2cncn2-c2ccccc2)C1. The smallest absolute Gasteiger partial charge is 0.308 e. The Morgan fingerprint density at radius 3 is 2.67 bits per heavy atom. The van der Waals surface area contributed by atoms with Crippen LogP contribution in [0.2, 0.25) is 0 Å². The van der Waals surface area contributed by atoms with Crippen LogP contribution in [0.4, 0.5) is 0 Å². The number of likely N-dealkylation sites (tertiary alicyclic amines) is 1. The molecular weight excluding hydrogens is 270 g/mol. The Hall–Kier alpha value is -2.63. The van der Waals surface area contributed by atoms with Crippen LogP contribution in [0.1, 0.15) is 16.9 Å². The average molecular weight is 285 g/mol. The van der Waals surface area contributed by atoms with Crippen molar-refractivity contribution in [2.24, 2.45) is 5.92 Å². The normalized spacial score (nSPS) is 17.9. The first-order chi connectivity index (χ1) is 10.2. The Kier molecular flexibility index (Phi) is 3.43. The van der Waals surface area contributed by atoms with E-state index in [1.54, 1.807) is 15.8 Å². The van der Waals surface area contributed by atoms with E-state index in [2.05, 4.69) is 4.98 Å². The standard InChI is InChI=1S/C15H15N3O3/c19-14(17-7-6-11(9-17)15(20)21)13-8-16-10-18(13)12-4-2-1-3-5-12/h1-5,8,10-11H,6-7,9H2,(H,20,21)/t11-/m1/s1. The van der Waals surface area contributed by atoms with Crippen molar-refractivity contribution in [1.29, 1.82) is 0 Å². The van der Waals surface area contributed by atoms with Crippen molar-refractivity contribution in [2.45, 2.75) is 6.42 Å². The Morgan fingerprint density at radius 2 is 2.00 bits per heavy atom. The monoisotopic (exact) mass is 285 g/mol. The fourth-order valence-corrected chi connectivity index (χ4v) is 2.56. The first-order valence-electron chi connectivity index (χ1n) is 6.76. The van der Waals surface area contributed by atoms with E-state index in [1.165, 1.54) is 6.20 Å². The second-order valence-electron chi connectivity index (χ2n) is 5.06. The average Bonchev–Trinajstić information content (AvgIpc) is 3.17. The molecule has 1 amide bonds. The Labute approximate surface area is 121 Å². The van der Waals surface area contributed by atoms with Gasteiger partial charge in [0, 0.05) is 18.8 Å². The number of carbonyl (C=O) groups excluding carboxylic acids is 1. The summed E-state index contributed by atoms with van der Waals surface area (Å²) in [7, 11) is 0. The van der Waals surface area contributed by atoms with Crippen LogP contribution in [0.5, 0.6) is 0 Å². The number of amides is 1. The minimum atomic E-state index is -0.845. The van der Waals surface area contributed by atoms with Gasteiger partial charge >= 0.3 is 5.97 Å². The van der Waals surface area contributed by atoms with E-state index in [9.17, 15) is 9.59 Å². The van der Waals surface area contributed by atoms with Gasteiger partial charge in [-0.3, -0.25) is 14.2 Å². The number of aromatic nitrogens is 2. The first kappa shape index (κ1) is 13.4. The largest absolute Gasteiger partial charge is 0.481 e. The highest BCUT2D eigenvalue weighted by atomic mass is 16.4. The second-order valence-corrected chi connectivity index (χ2v) is 5.06. The van der Waals surface area contributed by atoms with Crippen molar-refractivity contribution >= 4 is 11.9 Å². The first-order valence-corrected chi connectivity index (χ1v) is 6.76. The number of nitrogens with zero attached hydrogens (tertiary/aromatic N) is 3. The molecule has 0 unspecified atom stereocenters. The van der Waals surface area contributed by atoms with Gasteiger partial charge in [0.25, 0.3) is 5.91 Å². The van der Waals surface area contributed by atoms with Gasteiger partial charge in [0.15, 0.2) is 0 Å². The van der Waals surface area contributed by atoms with Crippen molar-refractivity contribution in [3.05, 3.63) is 48.5 Å². The van der Waals surface area contributed by atoms with Crippen LogP contribution >= 0.6 is 0 Å². The van der Waals surface area contributed by atoms with Crippen LogP contribution in [0, 0.1) is 5.92 Å². The van der Waals surface area contributed by atoms with Gasteiger partial charge in [-0.1, -0.05) is 18.2 Å². The van der Waals surface area contributed by atoms with Crippen molar-refractivity contribution in [1.82, 2.24) is 14.5 Å². The summed E-state index contributed by atoms with van der Waals surface area (Å²) in [5.41, 5.74) is 1.31. The Balaban J connectivity index is 1.84. The van der Waals surface area contributed by atoms with Crippen LogP contribution in [0.15, 0.2) is 42.9 Å². The third-order valence-electron chi connectivity index (χ3n) is 3.72. The van der Waals surface area contributed by atoms with Crippen LogP contribution in [0.3, 0.4) is 0 Å². The van der Waals surface area contributed by atoms with Gasteiger partial charge in [0.2, 0.25) is 0 Å². The summed E-state index contributed by atoms with van der Waals surface area (Å²) in [6, 6.07) is 9.46. The number of benzene rings is 1. The lowest BCUT2D eigenvalue weighted by Crippen LogP contribution is -2.31. The molecule has 1 aliphatic heterocycles. The minimum absolute atomic E-state index is 0.180. The minimum Gasteiger partial charge on any atom is -0.481 e. The van der Waals surface area contributed by atoms with Gasteiger partial charge in [0.1, 0.15) is 5.69 Å². The number of carboxylic acids is 1. The summed E-state index contributed by atoms with van der Waals surface area (Å²) in [5.74, 6) is -1.50. The quantitative estimate of drug-likeness (QED) is 0.925. The number of imidazole rings is 1. The molecule has 21 heavy (non-hydrogen) atoms. The lowest BCUT2D eigenvalue weighted by Gasteiger charge is -2.16. The van der Waals surface area contributed by atoms with Crippen molar-refractivity contribution in [2.75, 3.05) is 13.1 Å². The maximum Gasteiger partial charge on any atom is 0.308 e. The molecule has 0 spiro atoms. The predicted molar refractivity (Wildman–Crippen MR) is 75.2 cm³/mol.